The van der Waals surface area contributed by atoms with E-state index in [0.717, 1.165) is 19.3 Å². The summed E-state index contributed by atoms with van der Waals surface area (Å²) in [5.74, 6) is -0.0372. The van der Waals surface area contributed by atoms with Crippen molar-refractivity contribution < 1.29 is 14.3 Å². The van der Waals surface area contributed by atoms with Crippen LogP contribution in [0.5, 0.6) is 0 Å². The highest BCUT2D eigenvalue weighted by Crippen LogP contribution is 2.20. The fraction of sp³-hybridized carbons (Fsp3) is 0.750. The number of nitrogens with zero attached hydrogens (tertiary/aromatic N) is 1. The SMILES string of the molecule is CC(C)(C)OC(=O)N1CC[C@@H](C(=O)N[C@@H]2CC=CCC2)C1. The quantitative estimate of drug-likeness (QED) is 0.796. The van der Waals surface area contributed by atoms with Crippen LogP contribution in [0.4, 0.5) is 4.79 Å². The summed E-state index contributed by atoms with van der Waals surface area (Å²) < 4.78 is 5.35. The normalized spacial score (nSPS) is 25.8. The van der Waals surface area contributed by atoms with Crippen LogP contribution in [0, 0.1) is 5.92 Å². The Hall–Kier alpha value is -1.52. The van der Waals surface area contributed by atoms with Crippen molar-refractivity contribution in [3.05, 3.63) is 12.2 Å². The number of rotatable bonds is 2. The van der Waals surface area contributed by atoms with E-state index in [4.69, 9.17) is 4.74 Å². The number of nitrogens with one attached hydrogen (secondary N) is 1. The smallest absolute Gasteiger partial charge is 0.410 e. The lowest BCUT2D eigenvalue weighted by atomic mass is 10.0. The molecule has 2 amide bonds. The van der Waals surface area contributed by atoms with Gasteiger partial charge in [0.15, 0.2) is 0 Å². The molecule has 0 aromatic heterocycles. The first kappa shape index (κ1) is 15.9. The number of hydrogen-bond donors (Lipinski definition) is 1. The molecule has 21 heavy (non-hydrogen) atoms. The molecule has 2 rings (SSSR count). The lowest BCUT2D eigenvalue weighted by Crippen LogP contribution is -2.41. The molecular formula is C16H26N2O3. The number of carbonyl (C=O) groups is 2. The Labute approximate surface area is 126 Å². The van der Waals surface area contributed by atoms with E-state index in [1.165, 1.54) is 0 Å². The van der Waals surface area contributed by atoms with E-state index in [-0.39, 0.29) is 24.0 Å². The van der Waals surface area contributed by atoms with Gasteiger partial charge in [-0.1, -0.05) is 12.2 Å². The number of hydrogen-bond acceptors (Lipinski definition) is 3. The van der Waals surface area contributed by atoms with Crippen LogP contribution in [-0.2, 0) is 9.53 Å². The van der Waals surface area contributed by atoms with Gasteiger partial charge in [0, 0.05) is 19.1 Å². The summed E-state index contributed by atoms with van der Waals surface area (Å²) >= 11 is 0. The average Bonchev–Trinajstić information content (AvgIpc) is 2.87. The summed E-state index contributed by atoms with van der Waals surface area (Å²) in [4.78, 5) is 25.9. The summed E-state index contributed by atoms with van der Waals surface area (Å²) in [5, 5.41) is 3.10. The standard InChI is InChI=1S/C16H26N2O3/c1-16(2,3)21-15(20)18-10-9-12(11-18)14(19)17-13-7-5-4-6-8-13/h4-5,12-13H,6-11H2,1-3H3,(H,17,19)/t12-,13-/m1/s1. The largest absolute Gasteiger partial charge is 0.444 e. The molecule has 0 unspecified atom stereocenters. The lowest BCUT2D eigenvalue weighted by molar-refractivity contribution is -0.125. The van der Waals surface area contributed by atoms with Crippen molar-refractivity contribution in [3.8, 4) is 0 Å². The summed E-state index contributed by atoms with van der Waals surface area (Å²) in [6, 6.07) is 0.248. The fourth-order valence-corrected chi connectivity index (χ4v) is 2.71. The zero-order valence-electron chi connectivity index (χ0n) is 13.2. The monoisotopic (exact) mass is 294 g/mol. The maximum Gasteiger partial charge on any atom is 0.410 e. The Morgan fingerprint density at radius 3 is 2.62 bits per heavy atom. The van der Waals surface area contributed by atoms with Gasteiger partial charge in [0.1, 0.15) is 5.60 Å². The molecule has 0 radical (unpaired) electrons. The van der Waals surface area contributed by atoms with E-state index >= 15 is 0 Å². The maximum absolute atomic E-state index is 12.3. The Balaban J connectivity index is 1.80. The third-order valence-corrected chi connectivity index (χ3v) is 3.83. The fourth-order valence-electron chi connectivity index (χ4n) is 2.71. The van der Waals surface area contributed by atoms with Gasteiger partial charge in [-0.2, -0.15) is 0 Å². The highest BCUT2D eigenvalue weighted by molar-refractivity contribution is 5.80. The Kier molecular flexibility index (Phi) is 4.91. The molecule has 0 aromatic rings. The number of carbonyl (C=O) groups excluding carboxylic acids is 2. The van der Waals surface area contributed by atoms with Crippen LogP contribution >= 0.6 is 0 Å². The predicted molar refractivity (Wildman–Crippen MR) is 80.8 cm³/mol. The Morgan fingerprint density at radius 1 is 1.24 bits per heavy atom. The zero-order valence-corrected chi connectivity index (χ0v) is 13.2. The number of amides is 2. The molecule has 5 heteroatoms. The second kappa shape index (κ2) is 6.50. The molecule has 1 N–H and O–H groups in total. The minimum absolute atomic E-state index is 0.0707. The molecule has 2 aliphatic rings. The summed E-state index contributed by atoms with van der Waals surface area (Å²) in [5.41, 5.74) is -0.494. The van der Waals surface area contributed by atoms with Crippen LogP contribution in [0.25, 0.3) is 0 Å². The molecule has 1 aliphatic carbocycles. The molecule has 1 aliphatic heterocycles. The minimum atomic E-state index is -0.494. The van der Waals surface area contributed by atoms with Crippen molar-refractivity contribution in [2.75, 3.05) is 13.1 Å². The van der Waals surface area contributed by atoms with Gasteiger partial charge in [-0.05, 0) is 46.5 Å². The zero-order chi connectivity index (χ0) is 15.5. The van der Waals surface area contributed by atoms with E-state index < -0.39 is 5.60 Å². The summed E-state index contributed by atoms with van der Waals surface area (Å²) in [6.07, 6.45) is 7.61. The van der Waals surface area contributed by atoms with E-state index in [0.29, 0.717) is 19.5 Å². The summed E-state index contributed by atoms with van der Waals surface area (Å²) in [6.45, 7) is 6.60. The molecule has 0 aromatic carbocycles. The average molecular weight is 294 g/mol. The lowest BCUT2D eigenvalue weighted by Gasteiger charge is -2.24. The van der Waals surface area contributed by atoms with Crippen molar-refractivity contribution in [2.45, 2.75) is 58.1 Å². The maximum atomic E-state index is 12.3. The van der Waals surface area contributed by atoms with E-state index in [1.54, 1.807) is 4.90 Å². The van der Waals surface area contributed by atoms with Crippen LogP contribution in [0.3, 0.4) is 0 Å². The van der Waals surface area contributed by atoms with Crippen molar-refractivity contribution >= 4 is 12.0 Å². The van der Waals surface area contributed by atoms with Gasteiger partial charge >= 0.3 is 6.09 Å². The number of likely N-dealkylation sites (tertiary alicyclic amines) is 1. The first-order valence-corrected chi connectivity index (χ1v) is 7.78. The molecule has 0 bridgehead atoms. The predicted octanol–water partition coefficient (Wildman–Crippen LogP) is 2.47. The highest BCUT2D eigenvalue weighted by atomic mass is 16.6. The van der Waals surface area contributed by atoms with Gasteiger partial charge < -0.3 is 15.0 Å². The second-order valence-corrected chi connectivity index (χ2v) is 6.90. The molecule has 1 saturated heterocycles. The molecular weight excluding hydrogens is 268 g/mol. The number of allylic oxidation sites excluding steroid dienone is 1. The van der Waals surface area contributed by atoms with E-state index in [1.807, 2.05) is 20.8 Å². The van der Waals surface area contributed by atoms with E-state index in [2.05, 4.69) is 17.5 Å². The molecule has 0 spiro atoms. The molecule has 5 nitrogen and oxygen atoms in total. The van der Waals surface area contributed by atoms with Crippen molar-refractivity contribution in [1.82, 2.24) is 10.2 Å². The molecule has 118 valence electrons. The van der Waals surface area contributed by atoms with E-state index in [9.17, 15) is 9.59 Å². The van der Waals surface area contributed by atoms with Crippen molar-refractivity contribution in [3.63, 3.8) is 0 Å². The topological polar surface area (TPSA) is 58.6 Å². The van der Waals surface area contributed by atoms with Gasteiger partial charge in [0.25, 0.3) is 0 Å². The van der Waals surface area contributed by atoms with Crippen LogP contribution in [-0.4, -0.2) is 41.6 Å². The van der Waals surface area contributed by atoms with Crippen molar-refractivity contribution in [2.24, 2.45) is 5.92 Å². The van der Waals surface area contributed by atoms with Gasteiger partial charge in [-0.15, -0.1) is 0 Å². The third kappa shape index (κ3) is 4.76. The van der Waals surface area contributed by atoms with Crippen molar-refractivity contribution in [1.29, 1.82) is 0 Å². The van der Waals surface area contributed by atoms with Crippen LogP contribution in [0.15, 0.2) is 12.2 Å². The molecule has 0 saturated carbocycles. The second-order valence-electron chi connectivity index (χ2n) is 6.90. The highest BCUT2D eigenvalue weighted by Gasteiger charge is 2.34. The van der Waals surface area contributed by atoms with Gasteiger partial charge in [-0.25, -0.2) is 4.79 Å². The van der Waals surface area contributed by atoms with Gasteiger partial charge in [-0.3, -0.25) is 4.79 Å². The first-order chi connectivity index (χ1) is 9.85. The minimum Gasteiger partial charge on any atom is -0.444 e. The molecule has 1 heterocycles. The Morgan fingerprint density at radius 2 is 2.00 bits per heavy atom. The Bertz CT molecular complexity index is 426. The van der Waals surface area contributed by atoms with Crippen LogP contribution in [0.2, 0.25) is 0 Å². The molecule has 1 fully saturated rings. The first-order valence-electron chi connectivity index (χ1n) is 7.78. The van der Waals surface area contributed by atoms with Crippen LogP contribution in [0.1, 0.15) is 46.5 Å². The summed E-state index contributed by atoms with van der Waals surface area (Å²) in [7, 11) is 0. The molecule has 2 atom stereocenters. The van der Waals surface area contributed by atoms with Gasteiger partial charge in [0.2, 0.25) is 5.91 Å². The number of ether oxygens (including phenoxy) is 1. The third-order valence-electron chi connectivity index (χ3n) is 3.83. The van der Waals surface area contributed by atoms with Crippen LogP contribution < -0.4 is 5.32 Å². The van der Waals surface area contributed by atoms with Gasteiger partial charge in [0.05, 0.1) is 5.92 Å².